The first-order chi connectivity index (χ1) is 10.6. The summed E-state index contributed by atoms with van der Waals surface area (Å²) in [7, 11) is 0. The summed E-state index contributed by atoms with van der Waals surface area (Å²) in [6, 6.07) is 6.31. The van der Waals surface area contributed by atoms with Gasteiger partial charge < -0.3 is 4.74 Å². The minimum Gasteiger partial charge on any atom is -0.487 e. The lowest BCUT2D eigenvalue weighted by molar-refractivity contribution is -0.139. The highest BCUT2D eigenvalue weighted by Crippen LogP contribution is 2.39. The highest BCUT2D eigenvalue weighted by Gasteiger charge is 2.36. The van der Waals surface area contributed by atoms with Gasteiger partial charge in [-0.05, 0) is 44.5 Å². The third kappa shape index (κ3) is 4.12. The van der Waals surface area contributed by atoms with E-state index < -0.39 is 22.9 Å². The second kappa shape index (κ2) is 6.06. The smallest absolute Gasteiger partial charge is 0.419 e. The first-order valence-corrected chi connectivity index (χ1v) is 7.09. The quantitative estimate of drug-likeness (QED) is 0.923. The molecule has 0 unspecified atom stereocenters. The lowest BCUT2D eigenvalue weighted by Gasteiger charge is -2.27. The van der Waals surface area contributed by atoms with Gasteiger partial charge in [0, 0.05) is 11.6 Å². The number of hydrogen-bond donors (Lipinski definition) is 1. The lowest BCUT2D eigenvalue weighted by atomic mass is 10.0. The van der Waals surface area contributed by atoms with Crippen LogP contribution in [0, 0.1) is 0 Å². The zero-order valence-corrected chi connectivity index (χ0v) is 13.0. The SMILES string of the molecule is CCC(C)(C)Oc1ccc(-c2ccc(=O)[nH]n2)cc1C(F)(F)F. The van der Waals surface area contributed by atoms with Crippen molar-refractivity contribution in [2.24, 2.45) is 0 Å². The van der Waals surface area contributed by atoms with Crippen LogP contribution in [0.2, 0.25) is 0 Å². The Morgan fingerprint density at radius 3 is 2.39 bits per heavy atom. The van der Waals surface area contributed by atoms with Gasteiger partial charge in [0.1, 0.15) is 11.4 Å². The van der Waals surface area contributed by atoms with E-state index in [-0.39, 0.29) is 17.0 Å². The van der Waals surface area contributed by atoms with Crippen LogP contribution in [0.5, 0.6) is 5.75 Å². The largest absolute Gasteiger partial charge is 0.487 e. The fraction of sp³-hybridized carbons (Fsp3) is 0.375. The molecule has 0 radical (unpaired) electrons. The number of H-pyrrole nitrogens is 1. The van der Waals surface area contributed by atoms with Crippen LogP contribution < -0.4 is 10.3 Å². The number of nitrogens with zero attached hydrogens (tertiary/aromatic N) is 1. The molecule has 0 aliphatic carbocycles. The minimum absolute atomic E-state index is 0.225. The Morgan fingerprint density at radius 2 is 1.87 bits per heavy atom. The highest BCUT2D eigenvalue weighted by molar-refractivity contribution is 5.62. The molecule has 0 spiro atoms. The Labute approximate surface area is 131 Å². The molecule has 2 aromatic rings. The van der Waals surface area contributed by atoms with Crippen LogP contribution in [0.1, 0.15) is 32.8 Å². The number of nitrogens with one attached hydrogen (secondary N) is 1. The maximum atomic E-state index is 13.3. The first kappa shape index (κ1) is 17.1. The third-order valence-electron chi connectivity index (χ3n) is 3.50. The van der Waals surface area contributed by atoms with E-state index in [1.807, 2.05) is 6.92 Å². The molecule has 0 atom stereocenters. The summed E-state index contributed by atoms with van der Waals surface area (Å²) >= 11 is 0. The number of aromatic amines is 1. The van der Waals surface area contributed by atoms with Gasteiger partial charge in [0.05, 0.1) is 11.3 Å². The van der Waals surface area contributed by atoms with Gasteiger partial charge in [-0.15, -0.1) is 0 Å². The maximum Gasteiger partial charge on any atom is 0.419 e. The maximum absolute atomic E-state index is 13.3. The molecule has 7 heteroatoms. The minimum atomic E-state index is -4.56. The number of ether oxygens (including phenoxy) is 1. The molecule has 23 heavy (non-hydrogen) atoms. The van der Waals surface area contributed by atoms with Gasteiger partial charge in [0.15, 0.2) is 0 Å². The molecule has 1 aromatic carbocycles. The monoisotopic (exact) mass is 326 g/mol. The van der Waals surface area contributed by atoms with Crippen molar-refractivity contribution < 1.29 is 17.9 Å². The summed E-state index contributed by atoms with van der Waals surface area (Å²) in [5.41, 5.74) is -1.51. The molecule has 4 nitrogen and oxygen atoms in total. The standard InChI is InChI=1S/C16H17F3N2O2/c1-4-15(2,3)23-13-7-5-10(9-11(13)16(17,18)19)12-6-8-14(22)21-20-12/h5-9H,4H2,1-3H3,(H,21,22). The van der Waals surface area contributed by atoms with Crippen LogP contribution in [-0.2, 0) is 6.18 Å². The van der Waals surface area contributed by atoms with Crippen LogP contribution in [0.25, 0.3) is 11.3 Å². The van der Waals surface area contributed by atoms with Crippen LogP contribution in [0.4, 0.5) is 13.2 Å². The summed E-state index contributed by atoms with van der Waals surface area (Å²) in [4.78, 5) is 11.0. The zero-order chi connectivity index (χ0) is 17.3. The fourth-order valence-corrected chi connectivity index (χ4v) is 1.87. The summed E-state index contributed by atoms with van der Waals surface area (Å²) < 4.78 is 45.5. The number of hydrogen-bond acceptors (Lipinski definition) is 3. The Morgan fingerprint density at radius 1 is 1.17 bits per heavy atom. The van der Waals surface area contributed by atoms with Crippen molar-refractivity contribution >= 4 is 0 Å². The number of benzene rings is 1. The molecular weight excluding hydrogens is 309 g/mol. The number of alkyl halides is 3. The Hall–Kier alpha value is -2.31. The lowest BCUT2D eigenvalue weighted by Crippen LogP contribution is -2.28. The molecule has 1 heterocycles. The summed E-state index contributed by atoms with van der Waals surface area (Å²) in [5.74, 6) is -0.225. The van der Waals surface area contributed by atoms with Crippen LogP contribution in [0.15, 0.2) is 35.1 Å². The van der Waals surface area contributed by atoms with Crippen molar-refractivity contribution in [3.8, 4) is 17.0 Å². The molecule has 0 amide bonds. The third-order valence-corrected chi connectivity index (χ3v) is 3.50. The van der Waals surface area contributed by atoms with Gasteiger partial charge in [-0.2, -0.15) is 18.3 Å². The summed E-state index contributed by atoms with van der Waals surface area (Å²) in [5, 5.41) is 5.95. The summed E-state index contributed by atoms with van der Waals surface area (Å²) in [6.07, 6.45) is -4.00. The molecule has 1 aromatic heterocycles. The molecule has 1 N–H and O–H groups in total. The van der Waals surface area contributed by atoms with Crippen LogP contribution in [0.3, 0.4) is 0 Å². The van der Waals surface area contributed by atoms with E-state index in [4.69, 9.17) is 4.74 Å². The predicted molar refractivity (Wildman–Crippen MR) is 80.3 cm³/mol. The molecule has 2 rings (SSSR count). The first-order valence-electron chi connectivity index (χ1n) is 7.09. The van der Waals surface area contributed by atoms with Crippen molar-refractivity contribution in [3.05, 3.63) is 46.2 Å². The molecule has 0 fully saturated rings. The molecule has 0 saturated carbocycles. The van der Waals surface area contributed by atoms with Gasteiger partial charge in [-0.1, -0.05) is 6.92 Å². The fourth-order valence-electron chi connectivity index (χ4n) is 1.87. The van der Waals surface area contributed by atoms with E-state index in [9.17, 15) is 18.0 Å². The van der Waals surface area contributed by atoms with E-state index in [1.165, 1.54) is 24.3 Å². The Bertz CT molecular complexity index is 731. The van der Waals surface area contributed by atoms with Gasteiger partial charge in [0.2, 0.25) is 0 Å². The van der Waals surface area contributed by atoms with E-state index in [1.54, 1.807) is 13.8 Å². The molecule has 0 aliphatic rings. The van der Waals surface area contributed by atoms with Crippen molar-refractivity contribution in [3.63, 3.8) is 0 Å². The van der Waals surface area contributed by atoms with Crippen molar-refractivity contribution in [2.45, 2.75) is 39.0 Å². The topological polar surface area (TPSA) is 55.0 Å². The average Bonchev–Trinajstić information content (AvgIpc) is 2.47. The van der Waals surface area contributed by atoms with Crippen molar-refractivity contribution in [1.82, 2.24) is 10.2 Å². The second-order valence-electron chi connectivity index (χ2n) is 5.73. The average molecular weight is 326 g/mol. The number of halogens is 3. The van der Waals surface area contributed by atoms with Gasteiger partial charge in [-0.3, -0.25) is 4.79 Å². The van der Waals surface area contributed by atoms with Crippen molar-refractivity contribution in [2.75, 3.05) is 0 Å². The summed E-state index contributed by atoms with van der Waals surface area (Å²) in [6.45, 7) is 5.29. The number of rotatable bonds is 4. The second-order valence-corrected chi connectivity index (χ2v) is 5.73. The normalized spacial score (nSPS) is 12.3. The van der Waals surface area contributed by atoms with E-state index >= 15 is 0 Å². The molecule has 0 bridgehead atoms. The highest BCUT2D eigenvalue weighted by atomic mass is 19.4. The van der Waals surface area contributed by atoms with E-state index in [2.05, 4.69) is 10.2 Å². The van der Waals surface area contributed by atoms with Crippen LogP contribution in [-0.4, -0.2) is 15.8 Å². The predicted octanol–water partition coefficient (Wildman–Crippen LogP) is 4.02. The molecule has 0 saturated heterocycles. The molecule has 124 valence electrons. The van der Waals surface area contributed by atoms with Crippen molar-refractivity contribution in [1.29, 1.82) is 0 Å². The van der Waals surface area contributed by atoms with E-state index in [0.29, 0.717) is 6.42 Å². The molecule has 0 aliphatic heterocycles. The molecular formula is C16H17F3N2O2. The Balaban J connectivity index is 2.50. The zero-order valence-electron chi connectivity index (χ0n) is 13.0. The van der Waals surface area contributed by atoms with E-state index in [0.717, 1.165) is 6.07 Å². The van der Waals surface area contributed by atoms with Gasteiger partial charge >= 0.3 is 6.18 Å². The van der Waals surface area contributed by atoms with Crippen LogP contribution >= 0.6 is 0 Å². The Kier molecular flexibility index (Phi) is 4.49. The van der Waals surface area contributed by atoms with Gasteiger partial charge in [0.25, 0.3) is 5.56 Å². The van der Waals surface area contributed by atoms with Gasteiger partial charge in [-0.25, -0.2) is 5.10 Å². The number of aromatic nitrogens is 2.